The summed E-state index contributed by atoms with van der Waals surface area (Å²) < 4.78 is 0. The highest BCUT2D eigenvalue weighted by Crippen LogP contribution is 2.58. The summed E-state index contributed by atoms with van der Waals surface area (Å²) in [6, 6.07) is 55.8. The first kappa shape index (κ1) is 30.0. The van der Waals surface area contributed by atoms with Gasteiger partial charge in [-0.2, -0.15) is 5.26 Å². The summed E-state index contributed by atoms with van der Waals surface area (Å²) in [7, 11) is 0. The van der Waals surface area contributed by atoms with E-state index in [0.717, 1.165) is 57.9 Å². The highest BCUT2D eigenvalue weighted by atomic mass is 14.9. The van der Waals surface area contributed by atoms with Crippen LogP contribution in [0.5, 0.6) is 0 Å². The Morgan fingerprint density at radius 1 is 0.460 bits per heavy atom. The van der Waals surface area contributed by atoms with E-state index in [-0.39, 0.29) is 5.41 Å². The van der Waals surface area contributed by atoms with E-state index in [9.17, 15) is 5.26 Å². The topological polar surface area (TPSA) is 49.6 Å². The maximum Gasteiger partial charge on any atom is 0.160 e. The van der Waals surface area contributed by atoms with E-state index in [1.54, 1.807) is 0 Å². The minimum atomic E-state index is 0.0147. The van der Waals surface area contributed by atoms with Crippen molar-refractivity contribution in [3.05, 3.63) is 168 Å². The maximum absolute atomic E-state index is 9.75. The molecule has 3 nitrogen and oxygen atoms in total. The molecule has 1 aromatic heterocycles. The minimum absolute atomic E-state index is 0.0147. The third kappa shape index (κ3) is 5.13. The standard InChI is InChI=1S/C47H35N3/c48-31-32-17-26-40-42(29-32)47(27-8-3-9-28-47)41-16-10-15-39(45(40)41)35-22-18-33(19-23-35)34-20-24-37(25-21-34)44-30-43(36-11-4-1-5-12-36)49-46(50-44)38-13-6-2-7-14-38/h1-2,4-7,10-26,29-30H,3,8-9,27-28H2. The fourth-order valence-electron chi connectivity index (χ4n) is 8.29. The smallest absolute Gasteiger partial charge is 0.160 e. The van der Waals surface area contributed by atoms with Crippen LogP contribution in [0, 0.1) is 11.3 Å². The van der Waals surface area contributed by atoms with E-state index in [2.05, 4.69) is 115 Å². The zero-order chi connectivity index (χ0) is 33.5. The van der Waals surface area contributed by atoms with Crippen molar-refractivity contribution in [1.29, 1.82) is 5.26 Å². The molecule has 238 valence electrons. The predicted molar refractivity (Wildman–Crippen MR) is 203 cm³/mol. The second-order valence-corrected chi connectivity index (χ2v) is 13.6. The normalized spacial score (nSPS) is 14.1. The lowest BCUT2D eigenvalue weighted by molar-refractivity contribution is 0.353. The number of rotatable bonds is 5. The van der Waals surface area contributed by atoms with Crippen LogP contribution in [0.15, 0.2) is 152 Å². The zero-order valence-electron chi connectivity index (χ0n) is 27.8. The lowest BCUT2D eigenvalue weighted by Crippen LogP contribution is -2.28. The lowest BCUT2D eigenvalue weighted by Gasteiger charge is -2.36. The molecule has 1 spiro atoms. The first-order chi connectivity index (χ1) is 24.7. The van der Waals surface area contributed by atoms with Gasteiger partial charge < -0.3 is 0 Å². The summed E-state index contributed by atoms with van der Waals surface area (Å²) >= 11 is 0. The van der Waals surface area contributed by atoms with Crippen molar-refractivity contribution in [2.75, 3.05) is 0 Å². The van der Waals surface area contributed by atoms with Crippen LogP contribution in [0.3, 0.4) is 0 Å². The lowest BCUT2D eigenvalue weighted by atomic mass is 9.67. The van der Waals surface area contributed by atoms with Crippen molar-refractivity contribution in [2.45, 2.75) is 37.5 Å². The van der Waals surface area contributed by atoms with Gasteiger partial charge in [-0.15, -0.1) is 0 Å². The van der Waals surface area contributed by atoms with Gasteiger partial charge in [0.1, 0.15) is 0 Å². The third-order valence-corrected chi connectivity index (χ3v) is 10.8. The van der Waals surface area contributed by atoms with Gasteiger partial charge in [0, 0.05) is 22.1 Å². The molecule has 9 rings (SSSR count). The number of nitriles is 1. The van der Waals surface area contributed by atoms with E-state index < -0.39 is 0 Å². The Bertz CT molecular complexity index is 2320. The van der Waals surface area contributed by atoms with Crippen molar-refractivity contribution in [1.82, 2.24) is 9.97 Å². The fraction of sp³-hybridized carbons (Fsp3) is 0.128. The molecular weight excluding hydrogens is 607 g/mol. The molecule has 2 aliphatic rings. The third-order valence-electron chi connectivity index (χ3n) is 10.8. The van der Waals surface area contributed by atoms with Crippen LogP contribution in [0.2, 0.25) is 0 Å². The van der Waals surface area contributed by atoms with Gasteiger partial charge in [-0.1, -0.05) is 153 Å². The van der Waals surface area contributed by atoms with Crippen LogP contribution in [-0.2, 0) is 5.41 Å². The Morgan fingerprint density at radius 3 is 1.68 bits per heavy atom. The average Bonchev–Trinajstić information content (AvgIpc) is 3.46. The molecule has 7 aromatic rings. The Morgan fingerprint density at radius 2 is 1.04 bits per heavy atom. The molecule has 0 unspecified atom stereocenters. The Labute approximate surface area is 293 Å². The van der Waals surface area contributed by atoms with Crippen LogP contribution in [0.25, 0.3) is 67.3 Å². The van der Waals surface area contributed by atoms with Crippen LogP contribution >= 0.6 is 0 Å². The van der Waals surface area contributed by atoms with Crippen LogP contribution in [-0.4, -0.2) is 9.97 Å². The molecule has 2 aliphatic carbocycles. The number of hydrogen-bond acceptors (Lipinski definition) is 3. The summed E-state index contributed by atoms with van der Waals surface area (Å²) in [5.74, 6) is 0.719. The molecule has 0 amide bonds. The van der Waals surface area contributed by atoms with Gasteiger partial charge >= 0.3 is 0 Å². The highest BCUT2D eigenvalue weighted by molar-refractivity contribution is 5.93. The van der Waals surface area contributed by atoms with E-state index in [1.165, 1.54) is 58.2 Å². The average molecular weight is 642 g/mol. The van der Waals surface area contributed by atoms with Gasteiger partial charge in [0.2, 0.25) is 0 Å². The Kier molecular flexibility index (Phi) is 7.44. The molecule has 3 heteroatoms. The molecular formula is C47H35N3. The highest BCUT2D eigenvalue weighted by Gasteiger charge is 2.44. The number of hydrogen-bond donors (Lipinski definition) is 0. The number of fused-ring (bicyclic) bond motifs is 5. The molecule has 0 aliphatic heterocycles. The van der Waals surface area contributed by atoms with Crippen LogP contribution < -0.4 is 0 Å². The Hall–Kier alpha value is -6.11. The molecule has 0 saturated heterocycles. The summed E-state index contributed by atoms with van der Waals surface area (Å²) in [5.41, 5.74) is 16.0. The first-order valence-corrected chi connectivity index (χ1v) is 17.6. The van der Waals surface area contributed by atoms with Gasteiger partial charge in [-0.3, -0.25) is 0 Å². The molecule has 1 fully saturated rings. The van der Waals surface area contributed by atoms with Crippen LogP contribution in [0.1, 0.15) is 48.8 Å². The van der Waals surface area contributed by atoms with Gasteiger partial charge in [0.05, 0.1) is 23.0 Å². The molecule has 0 atom stereocenters. The van der Waals surface area contributed by atoms with Crippen molar-refractivity contribution in [2.24, 2.45) is 0 Å². The number of aromatic nitrogens is 2. The quantitative estimate of drug-likeness (QED) is 0.188. The first-order valence-electron chi connectivity index (χ1n) is 17.6. The zero-order valence-corrected chi connectivity index (χ0v) is 27.8. The summed E-state index contributed by atoms with van der Waals surface area (Å²) in [5, 5.41) is 9.75. The summed E-state index contributed by atoms with van der Waals surface area (Å²) in [6.07, 6.45) is 6.04. The fourth-order valence-corrected chi connectivity index (χ4v) is 8.29. The SMILES string of the molecule is N#Cc1ccc2c(c1)C1(CCCCC1)c1cccc(-c3ccc(-c4ccc(-c5cc(-c6ccccc6)nc(-c6ccccc6)n5)cc4)cc3)c1-2. The maximum atomic E-state index is 9.75. The summed E-state index contributed by atoms with van der Waals surface area (Å²) in [6.45, 7) is 0. The monoisotopic (exact) mass is 641 g/mol. The minimum Gasteiger partial charge on any atom is -0.228 e. The van der Waals surface area contributed by atoms with Gasteiger partial charge in [-0.25, -0.2) is 9.97 Å². The second kappa shape index (κ2) is 12.4. The van der Waals surface area contributed by atoms with Gasteiger partial charge in [0.15, 0.2) is 5.82 Å². The molecule has 1 saturated carbocycles. The number of benzene rings is 6. The molecule has 0 bridgehead atoms. The number of nitrogens with zero attached hydrogens (tertiary/aromatic N) is 3. The predicted octanol–water partition coefficient (Wildman–Crippen LogP) is 11.9. The van der Waals surface area contributed by atoms with Crippen molar-refractivity contribution in [3.8, 4) is 73.4 Å². The van der Waals surface area contributed by atoms with Crippen LogP contribution in [0.4, 0.5) is 0 Å². The van der Waals surface area contributed by atoms with Gasteiger partial charge in [0.25, 0.3) is 0 Å². The Balaban J connectivity index is 1.05. The molecule has 1 heterocycles. The van der Waals surface area contributed by atoms with E-state index in [1.807, 2.05) is 42.5 Å². The second-order valence-electron chi connectivity index (χ2n) is 13.6. The molecule has 0 radical (unpaired) electrons. The largest absolute Gasteiger partial charge is 0.228 e. The van der Waals surface area contributed by atoms with E-state index in [0.29, 0.717) is 0 Å². The molecule has 0 N–H and O–H groups in total. The van der Waals surface area contributed by atoms with E-state index in [4.69, 9.17) is 9.97 Å². The van der Waals surface area contributed by atoms with Crippen molar-refractivity contribution >= 4 is 0 Å². The molecule has 6 aromatic carbocycles. The van der Waals surface area contributed by atoms with Gasteiger partial charge in [-0.05, 0) is 75.5 Å². The van der Waals surface area contributed by atoms with Crippen molar-refractivity contribution < 1.29 is 0 Å². The molecule has 50 heavy (non-hydrogen) atoms. The van der Waals surface area contributed by atoms with E-state index >= 15 is 0 Å². The van der Waals surface area contributed by atoms with Crippen molar-refractivity contribution in [3.63, 3.8) is 0 Å². The summed E-state index contributed by atoms with van der Waals surface area (Å²) in [4.78, 5) is 9.95.